The monoisotopic (exact) mass is 331 g/mol. The highest BCUT2D eigenvalue weighted by Gasteiger charge is 2.31. The molecule has 2 aromatic heterocycles. The number of hydrogen-bond donors (Lipinski definition) is 1. The summed E-state index contributed by atoms with van der Waals surface area (Å²) in [5, 5.41) is 6.97. The van der Waals surface area contributed by atoms with Crippen LogP contribution in [0.3, 0.4) is 0 Å². The summed E-state index contributed by atoms with van der Waals surface area (Å²) in [5.41, 5.74) is 1.18. The molecule has 3 rings (SSSR count). The fourth-order valence-electron chi connectivity index (χ4n) is 2.76. The predicted molar refractivity (Wildman–Crippen MR) is 86.0 cm³/mol. The SMILES string of the molecule is CCc1noc(C)c1C(=O)NC1CCOCC1Oc1ccccn1. The van der Waals surface area contributed by atoms with Crippen LogP contribution in [-0.2, 0) is 11.2 Å². The molecule has 7 heteroatoms. The van der Waals surface area contributed by atoms with Crippen molar-refractivity contribution in [3.05, 3.63) is 41.4 Å². The summed E-state index contributed by atoms with van der Waals surface area (Å²) < 4.78 is 16.5. The van der Waals surface area contributed by atoms with Crippen LogP contribution in [0.4, 0.5) is 0 Å². The smallest absolute Gasteiger partial charge is 0.257 e. The maximum absolute atomic E-state index is 12.6. The minimum atomic E-state index is -0.289. The van der Waals surface area contributed by atoms with Crippen molar-refractivity contribution in [1.82, 2.24) is 15.5 Å². The number of nitrogens with one attached hydrogen (secondary N) is 1. The van der Waals surface area contributed by atoms with Gasteiger partial charge in [-0.3, -0.25) is 4.79 Å². The molecule has 1 N–H and O–H groups in total. The summed E-state index contributed by atoms with van der Waals surface area (Å²) in [6.45, 7) is 4.67. The fraction of sp³-hybridized carbons (Fsp3) is 0.471. The van der Waals surface area contributed by atoms with Crippen LogP contribution in [0.15, 0.2) is 28.9 Å². The standard InChI is InChI=1S/C17H21N3O4/c1-3-12-16(11(2)24-20-12)17(21)19-13-7-9-22-10-14(13)23-15-6-4-5-8-18-15/h4-6,8,13-14H,3,7,9-10H2,1-2H3,(H,19,21). The first-order chi connectivity index (χ1) is 11.7. The molecule has 1 saturated heterocycles. The van der Waals surface area contributed by atoms with E-state index in [1.165, 1.54) is 0 Å². The second-order valence-electron chi connectivity index (χ2n) is 5.68. The van der Waals surface area contributed by atoms with Gasteiger partial charge < -0.3 is 19.3 Å². The Morgan fingerprint density at radius 2 is 2.33 bits per heavy atom. The van der Waals surface area contributed by atoms with E-state index in [1.807, 2.05) is 19.1 Å². The first-order valence-electron chi connectivity index (χ1n) is 8.10. The molecule has 2 aromatic rings. The van der Waals surface area contributed by atoms with E-state index in [-0.39, 0.29) is 18.1 Å². The molecule has 2 unspecified atom stereocenters. The van der Waals surface area contributed by atoms with Crippen molar-refractivity contribution in [3.8, 4) is 5.88 Å². The summed E-state index contributed by atoms with van der Waals surface area (Å²) in [6.07, 6.45) is 2.69. The molecule has 0 saturated carbocycles. The van der Waals surface area contributed by atoms with E-state index in [2.05, 4.69) is 15.5 Å². The normalized spacial score (nSPS) is 20.6. The Bertz CT molecular complexity index is 686. The summed E-state index contributed by atoms with van der Waals surface area (Å²) in [6, 6.07) is 5.30. The second-order valence-corrected chi connectivity index (χ2v) is 5.68. The van der Waals surface area contributed by atoms with Crippen molar-refractivity contribution in [2.24, 2.45) is 0 Å². The van der Waals surface area contributed by atoms with Crippen LogP contribution in [0, 0.1) is 6.92 Å². The Morgan fingerprint density at radius 3 is 3.08 bits per heavy atom. The van der Waals surface area contributed by atoms with E-state index in [9.17, 15) is 4.79 Å². The molecule has 0 aromatic carbocycles. The molecule has 0 spiro atoms. The van der Waals surface area contributed by atoms with E-state index < -0.39 is 0 Å². The number of rotatable bonds is 5. The zero-order valence-electron chi connectivity index (χ0n) is 13.8. The fourth-order valence-corrected chi connectivity index (χ4v) is 2.76. The third-order valence-electron chi connectivity index (χ3n) is 4.03. The van der Waals surface area contributed by atoms with Gasteiger partial charge in [0.1, 0.15) is 17.4 Å². The molecular weight excluding hydrogens is 310 g/mol. The molecule has 1 amide bonds. The lowest BCUT2D eigenvalue weighted by molar-refractivity contribution is -0.0153. The largest absolute Gasteiger partial charge is 0.470 e. The summed E-state index contributed by atoms with van der Waals surface area (Å²) >= 11 is 0. The summed E-state index contributed by atoms with van der Waals surface area (Å²) in [5.74, 6) is 0.855. The first kappa shape index (κ1) is 16.4. The lowest BCUT2D eigenvalue weighted by atomic mass is 10.0. The molecular formula is C17H21N3O4. The van der Waals surface area contributed by atoms with Gasteiger partial charge in [-0.2, -0.15) is 0 Å². The number of amides is 1. The van der Waals surface area contributed by atoms with Crippen molar-refractivity contribution in [2.45, 2.75) is 38.8 Å². The highest BCUT2D eigenvalue weighted by molar-refractivity contribution is 5.96. The molecule has 1 aliphatic heterocycles. The lowest BCUT2D eigenvalue weighted by Gasteiger charge is -2.32. The zero-order valence-corrected chi connectivity index (χ0v) is 13.8. The van der Waals surface area contributed by atoms with Crippen LogP contribution < -0.4 is 10.1 Å². The number of ether oxygens (including phenoxy) is 2. The third kappa shape index (κ3) is 3.56. The first-order valence-corrected chi connectivity index (χ1v) is 8.10. The molecule has 3 heterocycles. The second kappa shape index (κ2) is 7.44. The van der Waals surface area contributed by atoms with Crippen LogP contribution in [0.5, 0.6) is 5.88 Å². The van der Waals surface area contributed by atoms with Gasteiger partial charge in [-0.25, -0.2) is 4.98 Å². The predicted octanol–water partition coefficient (Wildman–Crippen LogP) is 1.91. The van der Waals surface area contributed by atoms with Gasteiger partial charge in [-0.1, -0.05) is 18.1 Å². The number of pyridine rings is 1. The van der Waals surface area contributed by atoms with Crippen LogP contribution >= 0.6 is 0 Å². The van der Waals surface area contributed by atoms with Crippen molar-refractivity contribution in [3.63, 3.8) is 0 Å². The molecule has 0 radical (unpaired) electrons. The van der Waals surface area contributed by atoms with E-state index in [4.69, 9.17) is 14.0 Å². The lowest BCUT2D eigenvalue weighted by Crippen LogP contribution is -2.51. The Hall–Kier alpha value is -2.41. The highest BCUT2D eigenvalue weighted by Crippen LogP contribution is 2.18. The van der Waals surface area contributed by atoms with E-state index in [0.29, 0.717) is 49.0 Å². The maximum Gasteiger partial charge on any atom is 0.257 e. The van der Waals surface area contributed by atoms with Gasteiger partial charge in [-0.05, 0) is 25.8 Å². The summed E-state index contributed by atoms with van der Waals surface area (Å²) in [7, 11) is 0. The Balaban J connectivity index is 1.71. The summed E-state index contributed by atoms with van der Waals surface area (Å²) in [4.78, 5) is 16.8. The highest BCUT2D eigenvalue weighted by atomic mass is 16.5. The van der Waals surface area contributed by atoms with E-state index in [1.54, 1.807) is 19.2 Å². The van der Waals surface area contributed by atoms with Gasteiger partial charge in [0.25, 0.3) is 5.91 Å². The van der Waals surface area contributed by atoms with Gasteiger partial charge >= 0.3 is 0 Å². The molecule has 0 aliphatic carbocycles. The number of nitrogens with zero attached hydrogens (tertiary/aromatic N) is 2. The van der Waals surface area contributed by atoms with E-state index in [0.717, 1.165) is 0 Å². The number of carbonyl (C=O) groups is 1. The molecule has 0 bridgehead atoms. The van der Waals surface area contributed by atoms with Gasteiger partial charge in [0, 0.05) is 18.9 Å². The Kier molecular flexibility index (Phi) is 5.10. The number of hydrogen-bond acceptors (Lipinski definition) is 6. The molecule has 1 fully saturated rings. The average Bonchev–Trinajstić information content (AvgIpc) is 2.98. The zero-order chi connectivity index (χ0) is 16.9. The quantitative estimate of drug-likeness (QED) is 0.900. The van der Waals surface area contributed by atoms with Gasteiger partial charge in [-0.15, -0.1) is 0 Å². The number of aromatic nitrogens is 2. The molecule has 128 valence electrons. The van der Waals surface area contributed by atoms with Crippen molar-refractivity contribution < 1.29 is 18.8 Å². The minimum Gasteiger partial charge on any atom is -0.470 e. The van der Waals surface area contributed by atoms with Gasteiger partial charge in [0.2, 0.25) is 5.88 Å². The van der Waals surface area contributed by atoms with E-state index >= 15 is 0 Å². The van der Waals surface area contributed by atoms with Crippen LogP contribution in [0.2, 0.25) is 0 Å². The molecule has 24 heavy (non-hydrogen) atoms. The topological polar surface area (TPSA) is 86.5 Å². The molecule has 7 nitrogen and oxygen atoms in total. The van der Waals surface area contributed by atoms with Crippen molar-refractivity contribution in [1.29, 1.82) is 0 Å². The van der Waals surface area contributed by atoms with Crippen LogP contribution in [0.25, 0.3) is 0 Å². The van der Waals surface area contributed by atoms with Crippen molar-refractivity contribution in [2.75, 3.05) is 13.2 Å². The minimum absolute atomic E-state index is 0.160. The van der Waals surface area contributed by atoms with Crippen molar-refractivity contribution >= 4 is 5.91 Å². The molecule has 1 aliphatic rings. The van der Waals surface area contributed by atoms with Crippen LogP contribution in [0.1, 0.15) is 35.2 Å². The van der Waals surface area contributed by atoms with Gasteiger partial charge in [0.15, 0.2) is 0 Å². The Morgan fingerprint density at radius 1 is 1.46 bits per heavy atom. The number of carbonyl (C=O) groups excluding carboxylic acids is 1. The third-order valence-corrected chi connectivity index (χ3v) is 4.03. The molecule has 2 atom stereocenters. The van der Waals surface area contributed by atoms with Crippen LogP contribution in [-0.4, -0.2) is 41.4 Å². The Labute approximate surface area is 140 Å². The number of aryl methyl sites for hydroxylation is 2. The maximum atomic E-state index is 12.6. The average molecular weight is 331 g/mol. The van der Waals surface area contributed by atoms with Gasteiger partial charge in [0.05, 0.1) is 18.3 Å².